The average Bonchev–Trinajstić information content (AvgIpc) is 2.46. The van der Waals surface area contributed by atoms with Gasteiger partial charge in [-0.1, -0.05) is 0 Å². The van der Waals surface area contributed by atoms with Crippen LogP contribution in [-0.4, -0.2) is 31.2 Å². The molecule has 0 aromatic rings. The molecule has 1 atom stereocenters. The molecular formula is C7H15N3. The fourth-order valence-electron chi connectivity index (χ4n) is 2.11. The van der Waals surface area contributed by atoms with Crippen LogP contribution in [0, 0.1) is 5.41 Å². The Morgan fingerprint density at radius 1 is 1.40 bits per heavy atom. The molecule has 0 bridgehead atoms. The van der Waals surface area contributed by atoms with E-state index in [0.717, 1.165) is 13.1 Å². The lowest BCUT2D eigenvalue weighted by atomic mass is 9.87. The van der Waals surface area contributed by atoms with E-state index in [2.05, 4.69) is 5.32 Å². The lowest BCUT2D eigenvalue weighted by Crippen LogP contribution is -2.33. The van der Waals surface area contributed by atoms with Gasteiger partial charge in [0.2, 0.25) is 0 Å². The molecule has 1 unspecified atom stereocenters. The highest BCUT2D eigenvalue weighted by Crippen LogP contribution is 2.34. The fraction of sp³-hybridized carbons (Fsp3) is 1.00. The van der Waals surface area contributed by atoms with Crippen LogP contribution in [0.4, 0.5) is 0 Å². The van der Waals surface area contributed by atoms with E-state index in [0.29, 0.717) is 5.41 Å². The second kappa shape index (κ2) is 2.19. The number of nitrogens with two attached hydrogens (primary N) is 1. The van der Waals surface area contributed by atoms with E-state index in [1.165, 1.54) is 25.9 Å². The summed E-state index contributed by atoms with van der Waals surface area (Å²) in [5.74, 6) is 5.69. The number of nitrogens with zero attached hydrogens (tertiary/aromatic N) is 1. The summed E-state index contributed by atoms with van der Waals surface area (Å²) in [7, 11) is 0. The van der Waals surface area contributed by atoms with Gasteiger partial charge in [-0.15, -0.1) is 0 Å². The summed E-state index contributed by atoms with van der Waals surface area (Å²) in [6.45, 7) is 4.55. The summed E-state index contributed by atoms with van der Waals surface area (Å²) >= 11 is 0. The van der Waals surface area contributed by atoms with Gasteiger partial charge < -0.3 is 5.32 Å². The Bertz CT molecular complexity index is 129. The molecule has 0 aliphatic carbocycles. The molecule has 2 aliphatic heterocycles. The number of rotatable bonds is 0. The molecule has 10 heavy (non-hydrogen) atoms. The van der Waals surface area contributed by atoms with Crippen molar-refractivity contribution in [2.24, 2.45) is 11.3 Å². The first kappa shape index (κ1) is 6.58. The zero-order valence-corrected chi connectivity index (χ0v) is 6.27. The van der Waals surface area contributed by atoms with Crippen molar-refractivity contribution < 1.29 is 0 Å². The highest BCUT2D eigenvalue weighted by atomic mass is 15.4. The van der Waals surface area contributed by atoms with Crippen LogP contribution < -0.4 is 11.2 Å². The maximum Gasteiger partial charge on any atom is 0.0198 e. The normalized spacial score (nSPS) is 41.7. The first-order chi connectivity index (χ1) is 4.81. The van der Waals surface area contributed by atoms with Gasteiger partial charge >= 0.3 is 0 Å². The second-order valence-electron chi connectivity index (χ2n) is 3.65. The van der Waals surface area contributed by atoms with Crippen molar-refractivity contribution in [1.29, 1.82) is 0 Å². The van der Waals surface area contributed by atoms with E-state index in [-0.39, 0.29) is 0 Å². The van der Waals surface area contributed by atoms with Gasteiger partial charge in [0.1, 0.15) is 0 Å². The maximum atomic E-state index is 5.69. The molecule has 0 aromatic carbocycles. The summed E-state index contributed by atoms with van der Waals surface area (Å²) in [4.78, 5) is 0. The van der Waals surface area contributed by atoms with Gasteiger partial charge in [-0.2, -0.15) is 0 Å². The Balaban J connectivity index is 2.03. The minimum Gasteiger partial charge on any atom is -0.316 e. The molecule has 2 fully saturated rings. The van der Waals surface area contributed by atoms with Crippen LogP contribution in [0.3, 0.4) is 0 Å². The van der Waals surface area contributed by atoms with Gasteiger partial charge in [0.25, 0.3) is 0 Å². The van der Waals surface area contributed by atoms with Crippen molar-refractivity contribution in [3.05, 3.63) is 0 Å². The number of hydrogen-bond donors (Lipinski definition) is 2. The maximum absolute atomic E-state index is 5.69. The monoisotopic (exact) mass is 141 g/mol. The van der Waals surface area contributed by atoms with Gasteiger partial charge in [0, 0.05) is 19.6 Å². The predicted octanol–water partition coefficient (Wildman–Crippen LogP) is -0.455. The Hall–Kier alpha value is -0.120. The average molecular weight is 141 g/mol. The van der Waals surface area contributed by atoms with Crippen molar-refractivity contribution in [3.8, 4) is 0 Å². The number of nitrogens with one attached hydrogen (secondary N) is 1. The highest BCUT2D eigenvalue weighted by Gasteiger charge is 2.39. The van der Waals surface area contributed by atoms with Gasteiger partial charge in [-0.25, -0.2) is 5.01 Å². The second-order valence-corrected chi connectivity index (χ2v) is 3.65. The van der Waals surface area contributed by atoms with Crippen LogP contribution in [0.2, 0.25) is 0 Å². The lowest BCUT2D eigenvalue weighted by molar-refractivity contribution is 0.281. The standard InChI is InChI=1S/C7H15N3/c8-10-4-2-7(6-10)1-3-9-5-7/h9H,1-6,8H2. The van der Waals surface area contributed by atoms with E-state index in [9.17, 15) is 0 Å². The summed E-state index contributed by atoms with van der Waals surface area (Å²) in [5.41, 5.74) is 0.550. The van der Waals surface area contributed by atoms with Crippen molar-refractivity contribution in [2.45, 2.75) is 12.8 Å². The molecule has 0 saturated carbocycles. The minimum absolute atomic E-state index is 0.550. The fourth-order valence-corrected chi connectivity index (χ4v) is 2.11. The van der Waals surface area contributed by atoms with Crippen molar-refractivity contribution in [1.82, 2.24) is 10.3 Å². The van der Waals surface area contributed by atoms with Gasteiger partial charge in [-0.3, -0.25) is 5.84 Å². The van der Waals surface area contributed by atoms with Crippen LogP contribution in [0.5, 0.6) is 0 Å². The van der Waals surface area contributed by atoms with E-state index in [1.54, 1.807) is 0 Å². The third-order valence-corrected chi connectivity index (χ3v) is 2.80. The van der Waals surface area contributed by atoms with E-state index in [4.69, 9.17) is 5.84 Å². The zero-order valence-electron chi connectivity index (χ0n) is 6.27. The highest BCUT2D eigenvalue weighted by molar-refractivity contribution is 4.94. The van der Waals surface area contributed by atoms with Crippen LogP contribution in [-0.2, 0) is 0 Å². The predicted molar refractivity (Wildman–Crippen MR) is 40.3 cm³/mol. The zero-order chi connectivity index (χ0) is 7.03. The van der Waals surface area contributed by atoms with Crippen LogP contribution >= 0.6 is 0 Å². The third kappa shape index (κ3) is 0.944. The molecule has 1 spiro atoms. The first-order valence-electron chi connectivity index (χ1n) is 4.01. The third-order valence-electron chi connectivity index (χ3n) is 2.80. The molecule has 3 N–H and O–H groups in total. The summed E-state index contributed by atoms with van der Waals surface area (Å²) < 4.78 is 0. The van der Waals surface area contributed by atoms with E-state index in [1.807, 2.05) is 5.01 Å². The number of hydrogen-bond acceptors (Lipinski definition) is 3. The summed E-state index contributed by atoms with van der Waals surface area (Å²) in [6, 6.07) is 0. The van der Waals surface area contributed by atoms with Crippen LogP contribution in [0.15, 0.2) is 0 Å². The Labute approximate surface area is 61.5 Å². The molecule has 0 amide bonds. The van der Waals surface area contributed by atoms with Gasteiger partial charge in [0.05, 0.1) is 0 Å². The largest absolute Gasteiger partial charge is 0.316 e. The van der Waals surface area contributed by atoms with E-state index < -0.39 is 0 Å². The topological polar surface area (TPSA) is 41.3 Å². The molecule has 2 aliphatic rings. The number of hydrazine groups is 1. The molecule has 2 rings (SSSR count). The van der Waals surface area contributed by atoms with Crippen LogP contribution in [0.1, 0.15) is 12.8 Å². The van der Waals surface area contributed by atoms with Crippen LogP contribution in [0.25, 0.3) is 0 Å². The molecule has 3 heteroatoms. The molecular weight excluding hydrogens is 126 g/mol. The molecule has 0 radical (unpaired) electrons. The summed E-state index contributed by atoms with van der Waals surface area (Å²) in [6.07, 6.45) is 2.61. The molecule has 3 nitrogen and oxygen atoms in total. The molecule has 58 valence electrons. The smallest absolute Gasteiger partial charge is 0.0198 e. The van der Waals surface area contributed by atoms with Crippen molar-refractivity contribution in [3.63, 3.8) is 0 Å². The van der Waals surface area contributed by atoms with E-state index >= 15 is 0 Å². The Morgan fingerprint density at radius 3 is 2.80 bits per heavy atom. The Morgan fingerprint density at radius 2 is 2.30 bits per heavy atom. The van der Waals surface area contributed by atoms with Crippen molar-refractivity contribution in [2.75, 3.05) is 26.2 Å². The summed E-state index contributed by atoms with van der Waals surface area (Å²) in [5, 5.41) is 5.34. The first-order valence-corrected chi connectivity index (χ1v) is 4.01. The lowest BCUT2D eigenvalue weighted by Gasteiger charge is -2.20. The quantitative estimate of drug-likeness (QED) is 0.449. The van der Waals surface area contributed by atoms with Gasteiger partial charge in [-0.05, 0) is 24.8 Å². The van der Waals surface area contributed by atoms with Crippen molar-refractivity contribution >= 4 is 0 Å². The molecule has 2 saturated heterocycles. The van der Waals surface area contributed by atoms with Gasteiger partial charge in [0.15, 0.2) is 0 Å². The SMILES string of the molecule is NN1CCC2(CCNC2)C1. The molecule has 0 aromatic heterocycles. The Kier molecular flexibility index (Phi) is 1.44. The molecule has 2 heterocycles. The minimum atomic E-state index is 0.550.